The van der Waals surface area contributed by atoms with E-state index in [1.165, 1.54) is 23.5 Å². The van der Waals surface area contributed by atoms with Crippen LogP contribution >= 0.6 is 11.3 Å². The van der Waals surface area contributed by atoms with Gasteiger partial charge in [0.15, 0.2) is 0 Å². The number of carbonyl (C=O) groups is 1. The van der Waals surface area contributed by atoms with Crippen molar-refractivity contribution in [3.63, 3.8) is 0 Å². The van der Waals surface area contributed by atoms with E-state index in [4.69, 9.17) is 4.74 Å². The highest BCUT2D eigenvalue weighted by atomic mass is 32.1. The molecule has 4 heterocycles. The molecule has 0 N–H and O–H groups in total. The van der Waals surface area contributed by atoms with Crippen LogP contribution in [0.25, 0.3) is 11.3 Å². The van der Waals surface area contributed by atoms with E-state index in [9.17, 15) is 9.18 Å². The van der Waals surface area contributed by atoms with E-state index in [0.29, 0.717) is 26.2 Å². The molecule has 0 aliphatic carbocycles. The Morgan fingerprint density at radius 2 is 2.07 bits per heavy atom. The van der Waals surface area contributed by atoms with Gasteiger partial charge in [0.25, 0.3) is 5.91 Å². The van der Waals surface area contributed by atoms with Crippen molar-refractivity contribution >= 4 is 17.2 Å². The molecule has 5 rings (SSSR count). The van der Waals surface area contributed by atoms with Crippen molar-refractivity contribution < 1.29 is 13.9 Å². The molecule has 0 radical (unpaired) electrons. The van der Waals surface area contributed by atoms with Crippen LogP contribution in [-0.2, 0) is 17.9 Å². The number of amides is 1. The third-order valence-corrected chi connectivity index (χ3v) is 6.23. The summed E-state index contributed by atoms with van der Waals surface area (Å²) in [6.07, 6.45) is 2.61. The molecule has 7 heteroatoms. The molecule has 1 spiro atoms. The highest BCUT2D eigenvalue weighted by molar-refractivity contribution is 7.12. The lowest BCUT2D eigenvalue weighted by Gasteiger charge is -2.35. The van der Waals surface area contributed by atoms with Gasteiger partial charge in [-0.2, -0.15) is 0 Å². The zero-order valence-corrected chi connectivity index (χ0v) is 15.4. The van der Waals surface area contributed by atoms with Gasteiger partial charge in [0, 0.05) is 6.54 Å². The molecule has 2 aromatic heterocycles. The topological polar surface area (TPSA) is 47.4 Å². The van der Waals surface area contributed by atoms with Crippen molar-refractivity contribution in [2.24, 2.45) is 0 Å². The summed E-state index contributed by atoms with van der Waals surface area (Å²) in [4.78, 5) is 19.8. The number of aromatic nitrogens is 2. The third kappa shape index (κ3) is 2.87. The van der Waals surface area contributed by atoms with Gasteiger partial charge in [-0.1, -0.05) is 6.07 Å². The molecule has 1 aromatic carbocycles. The van der Waals surface area contributed by atoms with Crippen LogP contribution in [0.5, 0.6) is 0 Å². The van der Waals surface area contributed by atoms with Crippen molar-refractivity contribution in [3.05, 3.63) is 64.5 Å². The average Bonchev–Trinajstić information content (AvgIpc) is 3.42. The van der Waals surface area contributed by atoms with Crippen molar-refractivity contribution in [1.82, 2.24) is 14.5 Å². The van der Waals surface area contributed by atoms with Crippen molar-refractivity contribution in [1.29, 1.82) is 0 Å². The Hall–Kier alpha value is -2.51. The standard InChI is InChI=1S/C20H18FN3O2S/c21-15-5-3-14(4-6-15)16-10-22-18-11-26-20(13-24(16)18)7-8-23(12-20)19(25)17-2-1-9-27-17/h1-6,9-10H,7-8,11-13H2/t20-/m1/s1. The molecule has 1 saturated heterocycles. The Labute approximate surface area is 160 Å². The number of ether oxygens (including phenoxy) is 1. The van der Waals surface area contributed by atoms with Crippen molar-refractivity contribution in [3.8, 4) is 11.3 Å². The van der Waals surface area contributed by atoms with E-state index in [2.05, 4.69) is 9.55 Å². The summed E-state index contributed by atoms with van der Waals surface area (Å²) in [5.41, 5.74) is 1.49. The predicted octanol–water partition coefficient (Wildman–Crippen LogP) is 3.57. The molecule has 0 saturated carbocycles. The van der Waals surface area contributed by atoms with Crippen LogP contribution in [0, 0.1) is 5.82 Å². The first kappa shape index (κ1) is 16.6. The maximum Gasteiger partial charge on any atom is 0.264 e. The molecule has 5 nitrogen and oxygen atoms in total. The molecular formula is C20H18FN3O2S. The first-order valence-electron chi connectivity index (χ1n) is 8.91. The molecular weight excluding hydrogens is 365 g/mol. The largest absolute Gasteiger partial charge is 0.363 e. The van der Waals surface area contributed by atoms with Crippen molar-refractivity contribution in [2.75, 3.05) is 13.1 Å². The van der Waals surface area contributed by atoms with Gasteiger partial charge in [-0.3, -0.25) is 4.79 Å². The Balaban J connectivity index is 1.40. The highest BCUT2D eigenvalue weighted by Gasteiger charge is 2.44. The average molecular weight is 383 g/mol. The minimum Gasteiger partial charge on any atom is -0.363 e. The van der Waals surface area contributed by atoms with Gasteiger partial charge in [-0.25, -0.2) is 9.37 Å². The zero-order chi connectivity index (χ0) is 18.4. The van der Waals surface area contributed by atoms with E-state index in [1.54, 1.807) is 12.1 Å². The monoisotopic (exact) mass is 383 g/mol. The summed E-state index contributed by atoms with van der Waals surface area (Å²) in [5, 5.41) is 1.92. The van der Waals surface area contributed by atoms with Gasteiger partial charge in [-0.05, 0) is 47.7 Å². The summed E-state index contributed by atoms with van der Waals surface area (Å²) in [6, 6.07) is 10.2. The zero-order valence-electron chi connectivity index (χ0n) is 14.6. The molecule has 0 unspecified atom stereocenters. The fourth-order valence-corrected chi connectivity index (χ4v) is 4.62. The lowest BCUT2D eigenvalue weighted by Crippen LogP contribution is -2.45. The van der Waals surface area contributed by atoms with Crippen molar-refractivity contribution in [2.45, 2.75) is 25.2 Å². The minimum absolute atomic E-state index is 0.0701. The smallest absolute Gasteiger partial charge is 0.264 e. The second-order valence-corrected chi connectivity index (χ2v) is 8.03. The lowest BCUT2D eigenvalue weighted by molar-refractivity contribution is -0.0804. The SMILES string of the molecule is O=C(c1cccs1)N1CC[C@@]2(C1)Cn1c(-c3ccc(F)cc3)cnc1CO2. The first-order chi connectivity index (χ1) is 13.1. The quantitative estimate of drug-likeness (QED) is 0.680. The Morgan fingerprint density at radius 1 is 1.22 bits per heavy atom. The molecule has 138 valence electrons. The molecule has 2 aliphatic rings. The molecule has 0 bridgehead atoms. The van der Waals surface area contributed by atoms with E-state index in [0.717, 1.165) is 28.4 Å². The van der Waals surface area contributed by atoms with Gasteiger partial charge in [-0.15, -0.1) is 11.3 Å². The van der Waals surface area contributed by atoms with Gasteiger partial charge in [0.1, 0.15) is 23.8 Å². The van der Waals surface area contributed by atoms with E-state index < -0.39 is 5.60 Å². The third-order valence-electron chi connectivity index (χ3n) is 5.37. The highest BCUT2D eigenvalue weighted by Crippen LogP contribution is 2.35. The summed E-state index contributed by atoms with van der Waals surface area (Å²) in [6.45, 7) is 2.32. The van der Waals surface area contributed by atoms with E-state index >= 15 is 0 Å². The number of hydrogen-bond acceptors (Lipinski definition) is 4. The number of imidazole rings is 1. The van der Waals surface area contributed by atoms with Crippen LogP contribution < -0.4 is 0 Å². The molecule has 3 aromatic rings. The van der Waals surface area contributed by atoms with Gasteiger partial charge in [0.05, 0.1) is 29.9 Å². The lowest BCUT2D eigenvalue weighted by atomic mass is 10.0. The van der Waals surface area contributed by atoms with Crippen LogP contribution in [0.3, 0.4) is 0 Å². The number of fused-ring (bicyclic) bond motifs is 1. The fourth-order valence-electron chi connectivity index (χ4n) is 3.93. The van der Waals surface area contributed by atoms with E-state index in [-0.39, 0.29) is 11.7 Å². The molecule has 1 amide bonds. The van der Waals surface area contributed by atoms with Crippen LogP contribution in [0.15, 0.2) is 48.0 Å². The Kier molecular flexibility index (Phi) is 3.87. The summed E-state index contributed by atoms with van der Waals surface area (Å²) >= 11 is 1.47. The number of nitrogens with zero attached hydrogens (tertiary/aromatic N) is 3. The summed E-state index contributed by atoms with van der Waals surface area (Å²) < 4.78 is 21.6. The first-order valence-corrected chi connectivity index (χ1v) is 9.79. The summed E-state index contributed by atoms with van der Waals surface area (Å²) in [7, 11) is 0. The molecule has 1 fully saturated rings. The fraction of sp³-hybridized carbons (Fsp3) is 0.300. The second kappa shape index (κ2) is 6.28. The number of benzene rings is 1. The van der Waals surface area contributed by atoms with Gasteiger partial charge in [0.2, 0.25) is 0 Å². The number of carbonyl (C=O) groups excluding carboxylic acids is 1. The van der Waals surface area contributed by atoms with Gasteiger partial charge >= 0.3 is 0 Å². The van der Waals surface area contributed by atoms with Crippen LogP contribution in [0.2, 0.25) is 0 Å². The molecule has 2 aliphatic heterocycles. The van der Waals surface area contributed by atoms with Crippen LogP contribution in [-0.4, -0.2) is 39.0 Å². The molecule has 27 heavy (non-hydrogen) atoms. The maximum atomic E-state index is 13.3. The number of rotatable bonds is 2. The Morgan fingerprint density at radius 3 is 2.85 bits per heavy atom. The number of hydrogen-bond donors (Lipinski definition) is 0. The minimum atomic E-state index is -0.393. The number of thiophene rings is 1. The normalized spacial score (nSPS) is 21.6. The van der Waals surface area contributed by atoms with Crippen LogP contribution in [0.4, 0.5) is 4.39 Å². The van der Waals surface area contributed by atoms with E-state index in [1.807, 2.05) is 28.6 Å². The maximum absolute atomic E-state index is 13.3. The predicted molar refractivity (Wildman–Crippen MR) is 100.0 cm³/mol. The summed E-state index contributed by atoms with van der Waals surface area (Å²) in [5.74, 6) is 0.680. The number of halogens is 1. The molecule has 1 atom stereocenters. The van der Waals surface area contributed by atoms with Gasteiger partial charge < -0.3 is 14.2 Å². The second-order valence-electron chi connectivity index (χ2n) is 7.08. The number of likely N-dealkylation sites (tertiary alicyclic amines) is 1. The van der Waals surface area contributed by atoms with Crippen LogP contribution in [0.1, 0.15) is 21.9 Å². The Bertz CT molecular complexity index is 983.